The van der Waals surface area contributed by atoms with Crippen LogP contribution in [-0.2, 0) is 10.7 Å². The number of hydrogen-bond acceptors (Lipinski definition) is 3. The summed E-state index contributed by atoms with van der Waals surface area (Å²) in [6.45, 7) is -0.0152. The van der Waals surface area contributed by atoms with Crippen LogP contribution in [0.4, 0.5) is 0 Å². The maximum Gasteiger partial charge on any atom is 0.329 e. The van der Waals surface area contributed by atoms with Crippen molar-refractivity contribution < 1.29 is 24.2 Å². The Kier molecular flexibility index (Phi) is 4.37. The maximum atomic E-state index is 11.4. The monoisotopic (exact) mass is 332 g/mol. The molecule has 0 amide bonds. The molecule has 5 nitrogen and oxygen atoms in total. The van der Waals surface area contributed by atoms with Gasteiger partial charge in [-0.05, 0) is 22.4 Å². The van der Waals surface area contributed by atoms with Gasteiger partial charge in [0.1, 0.15) is 12.4 Å². The fraction of sp³-hybridized carbons (Fsp3) is 0.176. The summed E-state index contributed by atoms with van der Waals surface area (Å²) in [5, 5.41) is 12.4. The molecule has 0 unspecified atom stereocenters. The van der Waals surface area contributed by atoms with E-state index in [1.54, 1.807) is 12.1 Å². The number of ether oxygens (including phenoxy) is 1. The highest BCUT2D eigenvalue weighted by atomic mass is 31.2. The summed E-state index contributed by atoms with van der Waals surface area (Å²) in [6.07, 6.45) is -0.349. The summed E-state index contributed by atoms with van der Waals surface area (Å²) in [6, 6.07) is 15.0. The Labute approximate surface area is 133 Å². The first-order valence-corrected chi connectivity index (χ1v) is 9.01. The second-order valence-corrected chi connectivity index (χ2v) is 6.98. The number of aliphatic hydroxyl groups excluding tert-OH is 1. The highest BCUT2D eigenvalue weighted by Gasteiger charge is 2.19. The van der Waals surface area contributed by atoms with Crippen molar-refractivity contribution in [2.45, 2.75) is 6.16 Å². The molecule has 0 saturated carbocycles. The topological polar surface area (TPSA) is 87.0 Å². The van der Waals surface area contributed by atoms with E-state index in [9.17, 15) is 14.4 Å². The predicted octanol–water partition coefficient (Wildman–Crippen LogP) is 3.04. The molecule has 3 N–H and O–H groups in total. The summed E-state index contributed by atoms with van der Waals surface area (Å²) in [5.74, 6) is 0.552. The van der Waals surface area contributed by atoms with Gasteiger partial charge in [0.05, 0.1) is 12.8 Å². The third-order valence-electron chi connectivity index (χ3n) is 3.64. The second-order valence-electron chi connectivity index (χ2n) is 5.34. The lowest BCUT2D eigenvalue weighted by atomic mass is 9.99. The molecular weight excluding hydrogens is 315 g/mol. The molecule has 0 atom stereocenters. The minimum absolute atomic E-state index is 0.118. The van der Waals surface area contributed by atoms with Gasteiger partial charge in [-0.3, -0.25) is 4.57 Å². The minimum Gasteiger partial charge on any atom is -0.490 e. The Morgan fingerprint density at radius 3 is 2.48 bits per heavy atom. The smallest absolute Gasteiger partial charge is 0.329 e. The third kappa shape index (κ3) is 3.38. The predicted molar refractivity (Wildman–Crippen MR) is 89.8 cm³/mol. The quantitative estimate of drug-likeness (QED) is 0.494. The van der Waals surface area contributed by atoms with Gasteiger partial charge in [-0.1, -0.05) is 42.5 Å². The van der Waals surface area contributed by atoms with E-state index in [2.05, 4.69) is 0 Å². The van der Waals surface area contributed by atoms with Gasteiger partial charge in [0.15, 0.2) is 0 Å². The number of fused-ring (bicyclic) bond motifs is 2. The van der Waals surface area contributed by atoms with Crippen molar-refractivity contribution in [1.82, 2.24) is 0 Å². The van der Waals surface area contributed by atoms with Crippen molar-refractivity contribution in [2.75, 3.05) is 13.2 Å². The summed E-state index contributed by atoms with van der Waals surface area (Å²) >= 11 is 0. The van der Waals surface area contributed by atoms with Crippen molar-refractivity contribution >= 4 is 29.1 Å². The van der Waals surface area contributed by atoms with Crippen LogP contribution in [0.1, 0.15) is 5.56 Å². The van der Waals surface area contributed by atoms with E-state index in [4.69, 9.17) is 9.84 Å². The van der Waals surface area contributed by atoms with E-state index in [0.29, 0.717) is 16.7 Å². The van der Waals surface area contributed by atoms with Crippen LogP contribution in [0.25, 0.3) is 21.5 Å². The normalized spacial score (nSPS) is 12.0. The first-order chi connectivity index (χ1) is 11.0. The van der Waals surface area contributed by atoms with Crippen molar-refractivity contribution in [1.29, 1.82) is 0 Å². The molecule has 23 heavy (non-hydrogen) atoms. The molecule has 0 spiro atoms. The minimum atomic E-state index is -4.20. The van der Waals surface area contributed by atoms with Gasteiger partial charge in [0.2, 0.25) is 0 Å². The van der Waals surface area contributed by atoms with Crippen molar-refractivity contribution in [2.24, 2.45) is 0 Å². The van der Waals surface area contributed by atoms with E-state index in [1.165, 1.54) is 0 Å². The van der Waals surface area contributed by atoms with E-state index >= 15 is 0 Å². The Bertz CT molecular complexity index is 900. The summed E-state index contributed by atoms with van der Waals surface area (Å²) in [4.78, 5) is 18.7. The molecule has 0 aromatic heterocycles. The summed E-state index contributed by atoms with van der Waals surface area (Å²) < 4.78 is 17.2. The van der Waals surface area contributed by atoms with Crippen LogP contribution in [0.15, 0.2) is 48.5 Å². The third-order valence-corrected chi connectivity index (χ3v) is 4.39. The van der Waals surface area contributed by atoms with E-state index in [-0.39, 0.29) is 19.4 Å². The number of rotatable bonds is 5. The largest absolute Gasteiger partial charge is 0.490 e. The van der Waals surface area contributed by atoms with E-state index < -0.39 is 7.60 Å². The molecule has 0 aliphatic rings. The van der Waals surface area contributed by atoms with E-state index in [0.717, 1.165) is 16.2 Å². The molecule has 3 aromatic rings. The van der Waals surface area contributed by atoms with Crippen LogP contribution in [0, 0.1) is 0 Å². The van der Waals surface area contributed by atoms with Crippen molar-refractivity contribution in [3.63, 3.8) is 0 Å². The fourth-order valence-electron chi connectivity index (χ4n) is 2.80. The molecule has 3 aromatic carbocycles. The van der Waals surface area contributed by atoms with Gasteiger partial charge in [-0.2, -0.15) is 0 Å². The lowest BCUT2D eigenvalue weighted by Crippen LogP contribution is -2.03. The van der Waals surface area contributed by atoms with Crippen LogP contribution < -0.4 is 4.74 Å². The molecule has 0 saturated heterocycles. The standard InChI is InChI=1S/C17H17O5P/c18-8-9-22-17-15-7-2-1-4-12(15)10-13-5-3-6-14(16(13)17)11-23(19,20)21/h1-7,10,18H,8-9,11H2,(H2,19,20,21). The van der Waals surface area contributed by atoms with Crippen LogP contribution in [-0.4, -0.2) is 28.1 Å². The van der Waals surface area contributed by atoms with Crippen LogP contribution in [0.2, 0.25) is 0 Å². The Morgan fingerprint density at radius 2 is 1.74 bits per heavy atom. The molecule has 0 aliphatic heterocycles. The molecule has 3 rings (SSSR count). The Balaban J connectivity index is 2.34. The average molecular weight is 332 g/mol. The molecule has 0 aliphatic carbocycles. The first-order valence-electron chi connectivity index (χ1n) is 7.21. The SMILES string of the molecule is O=P(O)(O)Cc1cccc2cc3ccccc3c(OCCO)c12. The Hall–Kier alpha value is -1.91. The molecule has 120 valence electrons. The van der Waals surface area contributed by atoms with Gasteiger partial charge < -0.3 is 19.6 Å². The van der Waals surface area contributed by atoms with Crippen LogP contribution >= 0.6 is 7.60 Å². The summed E-state index contributed by atoms with van der Waals surface area (Å²) in [7, 11) is -4.20. The van der Waals surface area contributed by atoms with Crippen LogP contribution in [0.5, 0.6) is 5.75 Å². The molecule has 0 bridgehead atoms. The second kappa shape index (κ2) is 6.30. The fourth-order valence-corrected chi connectivity index (χ4v) is 3.51. The van der Waals surface area contributed by atoms with Gasteiger partial charge >= 0.3 is 7.60 Å². The lowest BCUT2D eigenvalue weighted by molar-refractivity contribution is 0.204. The van der Waals surface area contributed by atoms with Gasteiger partial charge in [0.25, 0.3) is 0 Å². The zero-order chi connectivity index (χ0) is 16.4. The number of benzene rings is 3. The molecule has 0 radical (unpaired) electrons. The molecule has 6 heteroatoms. The van der Waals surface area contributed by atoms with Crippen LogP contribution in [0.3, 0.4) is 0 Å². The van der Waals surface area contributed by atoms with Crippen molar-refractivity contribution in [3.05, 3.63) is 54.1 Å². The summed E-state index contributed by atoms with van der Waals surface area (Å²) in [5.41, 5.74) is 0.537. The van der Waals surface area contributed by atoms with Gasteiger partial charge in [-0.25, -0.2) is 0 Å². The lowest BCUT2D eigenvalue weighted by Gasteiger charge is -2.16. The number of aliphatic hydroxyl groups is 1. The van der Waals surface area contributed by atoms with Crippen molar-refractivity contribution in [3.8, 4) is 5.75 Å². The molecule has 0 fully saturated rings. The zero-order valence-corrected chi connectivity index (χ0v) is 13.2. The van der Waals surface area contributed by atoms with Gasteiger partial charge in [0, 0.05) is 10.8 Å². The molecule has 0 heterocycles. The highest BCUT2D eigenvalue weighted by molar-refractivity contribution is 7.50. The average Bonchev–Trinajstić information content (AvgIpc) is 2.50. The Morgan fingerprint density at radius 1 is 1.00 bits per heavy atom. The maximum absolute atomic E-state index is 11.4. The highest BCUT2D eigenvalue weighted by Crippen LogP contribution is 2.44. The van der Waals surface area contributed by atoms with Gasteiger partial charge in [-0.15, -0.1) is 0 Å². The molecular formula is C17H17O5P. The van der Waals surface area contributed by atoms with E-state index in [1.807, 2.05) is 36.4 Å². The number of hydrogen-bond donors (Lipinski definition) is 3. The first kappa shape index (κ1) is 16.0. The zero-order valence-electron chi connectivity index (χ0n) is 12.3.